The SMILES string of the molecule is OCC1(NCc2cccc3c2OCCCO3)CC1. The lowest BCUT2D eigenvalue weighted by Crippen LogP contribution is -2.34. The fraction of sp³-hybridized carbons (Fsp3) is 0.571. The number of nitrogens with one attached hydrogen (secondary N) is 1. The lowest BCUT2D eigenvalue weighted by molar-refractivity contribution is 0.229. The summed E-state index contributed by atoms with van der Waals surface area (Å²) in [4.78, 5) is 0. The Hall–Kier alpha value is -1.26. The topological polar surface area (TPSA) is 50.7 Å². The molecule has 0 radical (unpaired) electrons. The predicted molar refractivity (Wildman–Crippen MR) is 67.9 cm³/mol. The molecule has 0 bridgehead atoms. The molecular weight excluding hydrogens is 230 g/mol. The van der Waals surface area contributed by atoms with Crippen molar-refractivity contribution in [3.63, 3.8) is 0 Å². The maximum Gasteiger partial charge on any atom is 0.165 e. The van der Waals surface area contributed by atoms with E-state index < -0.39 is 0 Å². The molecule has 0 aromatic heterocycles. The van der Waals surface area contributed by atoms with Crippen molar-refractivity contribution in [2.75, 3.05) is 19.8 Å². The molecule has 0 unspecified atom stereocenters. The van der Waals surface area contributed by atoms with E-state index >= 15 is 0 Å². The van der Waals surface area contributed by atoms with Gasteiger partial charge in [0.1, 0.15) is 0 Å². The number of benzene rings is 1. The number of hydrogen-bond acceptors (Lipinski definition) is 4. The van der Waals surface area contributed by atoms with Crippen LogP contribution in [-0.4, -0.2) is 30.5 Å². The molecule has 3 rings (SSSR count). The fourth-order valence-corrected chi connectivity index (χ4v) is 2.22. The minimum absolute atomic E-state index is 0.0473. The Morgan fingerprint density at radius 1 is 1.22 bits per heavy atom. The molecule has 1 aromatic rings. The van der Waals surface area contributed by atoms with Gasteiger partial charge in [0.15, 0.2) is 11.5 Å². The van der Waals surface area contributed by atoms with Crippen LogP contribution in [0.1, 0.15) is 24.8 Å². The maximum absolute atomic E-state index is 9.30. The molecule has 1 heterocycles. The Labute approximate surface area is 107 Å². The number of para-hydroxylation sites is 1. The predicted octanol–water partition coefficient (Wildman–Crippen LogP) is 1.46. The lowest BCUT2D eigenvalue weighted by atomic mass is 10.1. The molecule has 2 aliphatic rings. The van der Waals surface area contributed by atoms with Crippen LogP contribution in [0.25, 0.3) is 0 Å². The van der Waals surface area contributed by atoms with E-state index in [0.717, 1.165) is 36.3 Å². The second kappa shape index (κ2) is 4.78. The first-order valence-corrected chi connectivity index (χ1v) is 6.56. The average Bonchev–Trinajstić information content (AvgIpc) is 3.20. The van der Waals surface area contributed by atoms with Gasteiger partial charge >= 0.3 is 0 Å². The van der Waals surface area contributed by atoms with E-state index in [1.165, 1.54) is 0 Å². The van der Waals surface area contributed by atoms with Crippen molar-refractivity contribution < 1.29 is 14.6 Å². The van der Waals surface area contributed by atoms with Gasteiger partial charge in [0, 0.05) is 24.1 Å². The fourth-order valence-electron chi connectivity index (χ4n) is 2.22. The number of rotatable bonds is 4. The number of fused-ring (bicyclic) bond motifs is 1. The Morgan fingerprint density at radius 3 is 2.83 bits per heavy atom. The summed E-state index contributed by atoms with van der Waals surface area (Å²) in [5.41, 5.74) is 1.06. The van der Waals surface area contributed by atoms with Gasteiger partial charge in [0.2, 0.25) is 0 Å². The highest BCUT2D eigenvalue weighted by molar-refractivity contribution is 5.47. The Balaban J connectivity index is 1.75. The molecule has 0 saturated heterocycles. The van der Waals surface area contributed by atoms with Gasteiger partial charge in [-0.05, 0) is 18.9 Å². The van der Waals surface area contributed by atoms with Crippen LogP contribution in [0.15, 0.2) is 18.2 Å². The van der Waals surface area contributed by atoms with Crippen molar-refractivity contribution in [3.05, 3.63) is 23.8 Å². The first kappa shape index (κ1) is 11.8. The molecule has 0 spiro atoms. The minimum Gasteiger partial charge on any atom is -0.490 e. The summed E-state index contributed by atoms with van der Waals surface area (Å²) >= 11 is 0. The summed E-state index contributed by atoms with van der Waals surface area (Å²) in [5, 5.41) is 12.7. The molecular formula is C14H19NO3. The molecule has 2 N–H and O–H groups in total. The summed E-state index contributed by atoms with van der Waals surface area (Å²) in [7, 11) is 0. The van der Waals surface area contributed by atoms with Crippen molar-refractivity contribution in [2.24, 2.45) is 0 Å². The number of aliphatic hydroxyl groups is 1. The van der Waals surface area contributed by atoms with Gasteiger partial charge in [-0.1, -0.05) is 12.1 Å². The largest absolute Gasteiger partial charge is 0.490 e. The highest BCUT2D eigenvalue weighted by Crippen LogP contribution is 2.37. The summed E-state index contributed by atoms with van der Waals surface area (Å²) in [6, 6.07) is 5.99. The molecule has 18 heavy (non-hydrogen) atoms. The van der Waals surface area contributed by atoms with E-state index in [-0.39, 0.29) is 12.1 Å². The van der Waals surface area contributed by atoms with Crippen LogP contribution in [-0.2, 0) is 6.54 Å². The zero-order valence-corrected chi connectivity index (χ0v) is 10.4. The molecule has 4 heteroatoms. The first-order valence-electron chi connectivity index (χ1n) is 6.56. The molecule has 1 aliphatic heterocycles. The zero-order chi connectivity index (χ0) is 12.4. The van der Waals surface area contributed by atoms with E-state index in [1.807, 2.05) is 18.2 Å². The van der Waals surface area contributed by atoms with E-state index in [4.69, 9.17) is 9.47 Å². The standard InChI is InChI=1S/C14H19NO3/c16-10-14(5-6-14)15-9-11-3-1-4-12-13(11)18-8-2-7-17-12/h1,3-4,15-16H,2,5-10H2. The molecule has 1 fully saturated rings. The smallest absolute Gasteiger partial charge is 0.165 e. The maximum atomic E-state index is 9.30. The van der Waals surface area contributed by atoms with Gasteiger partial charge < -0.3 is 19.9 Å². The van der Waals surface area contributed by atoms with Crippen molar-refractivity contribution in [1.29, 1.82) is 0 Å². The van der Waals surface area contributed by atoms with Gasteiger partial charge in [0.05, 0.1) is 19.8 Å². The van der Waals surface area contributed by atoms with Crippen LogP contribution in [0.4, 0.5) is 0 Å². The Morgan fingerprint density at radius 2 is 2.06 bits per heavy atom. The molecule has 1 saturated carbocycles. The molecule has 98 valence electrons. The molecule has 4 nitrogen and oxygen atoms in total. The van der Waals surface area contributed by atoms with E-state index in [9.17, 15) is 5.11 Å². The summed E-state index contributed by atoms with van der Waals surface area (Å²) in [5.74, 6) is 1.69. The van der Waals surface area contributed by atoms with Crippen LogP contribution < -0.4 is 14.8 Å². The van der Waals surface area contributed by atoms with Crippen molar-refractivity contribution >= 4 is 0 Å². The summed E-state index contributed by atoms with van der Waals surface area (Å²) in [6.45, 7) is 2.34. The van der Waals surface area contributed by atoms with Crippen molar-refractivity contribution in [1.82, 2.24) is 5.32 Å². The zero-order valence-electron chi connectivity index (χ0n) is 10.4. The van der Waals surface area contributed by atoms with E-state index in [0.29, 0.717) is 19.8 Å². The number of ether oxygens (including phenoxy) is 2. The summed E-state index contributed by atoms with van der Waals surface area (Å²) in [6.07, 6.45) is 3.02. The third kappa shape index (κ3) is 2.31. The van der Waals surface area contributed by atoms with Gasteiger partial charge in [-0.2, -0.15) is 0 Å². The third-order valence-electron chi connectivity index (χ3n) is 3.66. The van der Waals surface area contributed by atoms with Crippen molar-refractivity contribution in [3.8, 4) is 11.5 Å². The second-order valence-corrected chi connectivity index (χ2v) is 5.09. The minimum atomic E-state index is -0.0473. The Bertz CT molecular complexity index is 429. The molecule has 1 aliphatic carbocycles. The van der Waals surface area contributed by atoms with Crippen LogP contribution in [0.5, 0.6) is 11.5 Å². The van der Waals surface area contributed by atoms with Gasteiger partial charge in [0.25, 0.3) is 0 Å². The second-order valence-electron chi connectivity index (χ2n) is 5.09. The quantitative estimate of drug-likeness (QED) is 0.848. The van der Waals surface area contributed by atoms with E-state index in [1.54, 1.807) is 0 Å². The molecule has 0 atom stereocenters. The number of aliphatic hydroxyl groups excluding tert-OH is 1. The lowest BCUT2D eigenvalue weighted by Gasteiger charge is -2.17. The van der Waals surface area contributed by atoms with E-state index in [2.05, 4.69) is 5.32 Å². The highest BCUT2D eigenvalue weighted by Gasteiger charge is 2.41. The van der Waals surface area contributed by atoms with Gasteiger partial charge in [-0.15, -0.1) is 0 Å². The summed E-state index contributed by atoms with van der Waals surface area (Å²) < 4.78 is 11.4. The van der Waals surface area contributed by atoms with Crippen LogP contribution >= 0.6 is 0 Å². The third-order valence-corrected chi connectivity index (χ3v) is 3.66. The van der Waals surface area contributed by atoms with Gasteiger partial charge in [-0.3, -0.25) is 0 Å². The normalized spacial score (nSPS) is 20.3. The highest BCUT2D eigenvalue weighted by atomic mass is 16.5. The monoisotopic (exact) mass is 249 g/mol. The van der Waals surface area contributed by atoms with Crippen LogP contribution in [0, 0.1) is 0 Å². The number of hydrogen-bond donors (Lipinski definition) is 2. The first-order chi connectivity index (χ1) is 8.83. The average molecular weight is 249 g/mol. The Kier molecular flexibility index (Phi) is 3.14. The van der Waals surface area contributed by atoms with Crippen LogP contribution in [0.3, 0.4) is 0 Å². The molecule has 1 aromatic carbocycles. The van der Waals surface area contributed by atoms with Crippen molar-refractivity contribution in [2.45, 2.75) is 31.3 Å². The van der Waals surface area contributed by atoms with Gasteiger partial charge in [-0.25, -0.2) is 0 Å². The van der Waals surface area contributed by atoms with Crippen LogP contribution in [0.2, 0.25) is 0 Å². The molecule has 0 amide bonds.